The Morgan fingerprint density at radius 3 is 2.54 bits per heavy atom. The average molecular weight is 187 g/mol. The van der Waals surface area contributed by atoms with Gasteiger partial charge in [0.25, 0.3) is 0 Å². The molecule has 13 heavy (non-hydrogen) atoms. The highest BCUT2D eigenvalue weighted by Crippen LogP contribution is 2.00. The number of hydrogen-bond acceptors (Lipinski definition) is 2. The van der Waals surface area contributed by atoms with E-state index in [2.05, 4.69) is 6.92 Å². The topological polar surface area (TPSA) is 29.5 Å². The molecule has 0 aliphatic heterocycles. The molecule has 0 atom stereocenters. The smallest absolute Gasteiger partial charge is 0.248 e. The van der Waals surface area contributed by atoms with Crippen molar-refractivity contribution in [1.29, 1.82) is 0 Å². The van der Waals surface area contributed by atoms with Crippen LogP contribution in [0.1, 0.15) is 32.6 Å². The van der Waals surface area contributed by atoms with Crippen LogP contribution in [0.5, 0.6) is 0 Å². The van der Waals surface area contributed by atoms with Crippen molar-refractivity contribution in [2.45, 2.75) is 32.6 Å². The molecule has 0 saturated heterocycles. The maximum absolute atomic E-state index is 11.2. The monoisotopic (exact) mass is 187 g/mol. The van der Waals surface area contributed by atoms with E-state index < -0.39 is 0 Å². The average Bonchev–Trinajstić information content (AvgIpc) is 2.12. The van der Waals surface area contributed by atoms with Crippen LogP contribution in [0.4, 0.5) is 0 Å². The van der Waals surface area contributed by atoms with E-state index in [1.807, 2.05) is 7.05 Å². The standard InChI is InChI=1S/C10H21NO2/c1-4-5-6-7-8-11(2)10(12)9-13-3/h4-9H2,1-3H3. The van der Waals surface area contributed by atoms with Crippen molar-refractivity contribution in [2.75, 3.05) is 27.3 Å². The first-order chi connectivity index (χ1) is 6.22. The number of methoxy groups -OCH3 is 1. The predicted molar refractivity (Wildman–Crippen MR) is 53.7 cm³/mol. The van der Waals surface area contributed by atoms with Crippen molar-refractivity contribution >= 4 is 5.91 Å². The van der Waals surface area contributed by atoms with Crippen LogP contribution in [0.15, 0.2) is 0 Å². The third-order valence-electron chi connectivity index (χ3n) is 2.04. The normalized spacial score (nSPS) is 10.1. The number of unbranched alkanes of at least 4 members (excludes halogenated alkanes) is 3. The summed E-state index contributed by atoms with van der Waals surface area (Å²) in [7, 11) is 3.37. The molecule has 0 N–H and O–H groups in total. The summed E-state index contributed by atoms with van der Waals surface area (Å²) in [4.78, 5) is 12.9. The number of nitrogens with zero attached hydrogens (tertiary/aromatic N) is 1. The van der Waals surface area contributed by atoms with E-state index in [4.69, 9.17) is 4.74 Å². The van der Waals surface area contributed by atoms with Crippen LogP contribution in [0.25, 0.3) is 0 Å². The summed E-state index contributed by atoms with van der Waals surface area (Å²) >= 11 is 0. The highest BCUT2D eigenvalue weighted by atomic mass is 16.5. The van der Waals surface area contributed by atoms with Gasteiger partial charge in [-0.1, -0.05) is 26.2 Å². The second kappa shape index (κ2) is 8.05. The Bertz CT molecular complexity index is 137. The molecular weight excluding hydrogens is 166 g/mol. The second-order valence-corrected chi connectivity index (χ2v) is 3.31. The number of carbonyl (C=O) groups is 1. The van der Waals surface area contributed by atoms with Gasteiger partial charge < -0.3 is 9.64 Å². The predicted octanol–water partition coefficient (Wildman–Crippen LogP) is 1.67. The number of hydrogen-bond donors (Lipinski definition) is 0. The Kier molecular flexibility index (Phi) is 7.69. The molecule has 0 aromatic rings. The summed E-state index contributed by atoms with van der Waals surface area (Å²) in [5, 5.41) is 0. The van der Waals surface area contributed by atoms with Gasteiger partial charge in [0.2, 0.25) is 5.91 Å². The van der Waals surface area contributed by atoms with Gasteiger partial charge in [-0.3, -0.25) is 4.79 Å². The Morgan fingerprint density at radius 1 is 1.31 bits per heavy atom. The van der Waals surface area contributed by atoms with Crippen LogP contribution >= 0.6 is 0 Å². The maximum atomic E-state index is 11.2. The molecule has 0 spiro atoms. The lowest BCUT2D eigenvalue weighted by atomic mass is 10.2. The summed E-state index contributed by atoms with van der Waals surface area (Å²) in [6.45, 7) is 3.23. The van der Waals surface area contributed by atoms with E-state index in [1.54, 1.807) is 12.0 Å². The number of carbonyl (C=O) groups excluding carboxylic acids is 1. The van der Waals surface area contributed by atoms with Crippen molar-refractivity contribution < 1.29 is 9.53 Å². The lowest BCUT2D eigenvalue weighted by Gasteiger charge is -2.16. The van der Waals surface area contributed by atoms with E-state index in [-0.39, 0.29) is 12.5 Å². The van der Waals surface area contributed by atoms with Gasteiger partial charge in [-0.05, 0) is 6.42 Å². The number of rotatable bonds is 7. The first-order valence-corrected chi connectivity index (χ1v) is 4.95. The fraction of sp³-hybridized carbons (Fsp3) is 0.900. The van der Waals surface area contributed by atoms with Gasteiger partial charge in [-0.15, -0.1) is 0 Å². The number of ether oxygens (including phenoxy) is 1. The highest BCUT2D eigenvalue weighted by molar-refractivity contribution is 5.77. The molecule has 1 amide bonds. The Morgan fingerprint density at radius 2 is 2.00 bits per heavy atom. The molecule has 0 aliphatic carbocycles. The lowest BCUT2D eigenvalue weighted by molar-refractivity contribution is -0.133. The maximum Gasteiger partial charge on any atom is 0.248 e. The zero-order chi connectivity index (χ0) is 10.1. The minimum absolute atomic E-state index is 0.0685. The zero-order valence-corrected chi connectivity index (χ0v) is 9.01. The Labute approximate surface area is 81.1 Å². The van der Waals surface area contributed by atoms with Crippen molar-refractivity contribution in [3.63, 3.8) is 0 Å². The van der Waals surface area contributed by atoms with Gasteiger partial charge in [0, 0.05) is 20.7 Å². The molecule has 0 radical (unpaired) electrons. The Hall–Kier alpha value is -0.570. The molecule has 78 valence electrons. The molecule has 0 unspecified atom stereocenters. The van der Waals surface area contributed by atoms with Gasteiger partial charge in [0.15, 0.2) is 0 Å². The molecule has 0 rings (SSSR count). The molecule has 0 bridgehead atoms. The van der Waals surface area contributed by atoms with Crippen LogP contribution in [-0.2, 0) is 9.53 Å². The summed E-state index contributed by atoms with van der Waals surface area (Å²) in [5.74, 6) is 0.0685. The lowest BCUT2D eigenvalue weighted by Crippen LogP contribution is -2.30. The number of likely N-dealkylation sites (N-methyl/N-ethyl adjacent to an activating group) is 1. The van der Waals surface area contributed by atoms with E-state index in [9.17, 15) is 4.79 Å². The molecule has 0 fully saturated rings. The minimum Gasteiger partial charge on any atom is -0.375 e. The molecule has 3 nitrogen and oxygen atoms in total. The molecule has 0 aromatic carbocycles. The van der Waals surface area contributed by atoms with E-state index in [0.29, 0.717) is 0 Å². The third kappa shape index (κ3) is 6.58. The van der Waals surface area contributed by atoms with E-state index in [0.717, 1.165) is 13.0 Å². The summed E-state index contributed by atoms with van der Waals surface area (Å²) in [5.41, 5.74) is 0. The van der Waals surface area contributed by atoms with Gasteiger partial charge in [0.05, 0.1) is 0 Å². The molecular formula is C10H21NO2. The van der Waals surface area contributed by atoms with Gasteiger partial charge >= 0.3 is 0 Å². The van der Waals surface area contributed by atoms with Crippen LogP contribution in [0.3, 0.4) is 0 Å². The minimum atomic E-state index is 0.0685. The van der Waals surface area contributed by atoms with Gasteiger partial charge in [0.1, 0.15) is 6.61 Å². The van der Waals surface area contributed by atoms with Crippen LogP contribution in [0.2, 0.25) is 0 Å². The van der Waals surface area contributed by atoms with Crippen LogP contribution < -0.4 is 0 Å². The van der Waals surface area contributed by atoms with Crippen LogP contribution in [-0.4, -0.2) is 38.1 Å². The van der Waals surface area contributed by atoms with E-state index in [1.165, 1.54) is 19.3 Å². The van der Waals surface area contributed by atoms with Crippen molar-refractivity contribution in [2.24, 2.45) is 0 Å². The largest absolute Gasteiger partial charge is 0.375 e. The first-order valence-electron chi connectivity index (χ1n) is 4.95. The molecule has 0 aliphatic rings. The summed E-state index contributed by atoms with van der Waals surface area (Å²) in [6, 6.07) is 0. The molecule has 0 heterocycles. The van der Waals surface area contributed by atoms with Crippen molar-refractivity contribution in [3.8, 4) is 0 Å². The van der Waals surface area contributed by atoms with E-state index >= 15 is 0 Å². The van der Waals surface area contributed by atoms with Crippen molar-refractivity contribution in [1.82, 2.24) is 4.90 Å². The third-order valence-corrected chi connectivity index (χ3v) is 2.04. The fourth-order valence-electron chi connectivity index (χ4n) is 1.13. The van der Waals surface area contributed by atoms with Crippen LogP contribution in [0, 0.1) is 0 Å². The fourth-order valence-corrected chi connectivity index (χ4v) is 1.13. The first kappa shape index (κ1) is 12.4. The zero-order valence-electron chi connectivity index (χ0n) is 9.01. The summed E-state index contributed by atoms with van der Waals surface area (Å²) < 4.78 is 4.76. The quantitative estimate of drug-likeness (QED) is 0.567. The van der Waals surface area contributed by atoms with Gasteiger partial charge in [-0.2, -0.15) is 0 Å². The molecule has 0 saturated carbocycles. The molecule has 3 heteroatoms. The Balaban J connectivity index is 3.38. The molecule has 0 aromatic heterocycles. The number of amides is 1. The second-order valence-electron chi connectivity index (χ2n) is 3.31. The SMILES string of the molecule is CCCCCCN(C)C(=O)COC. The van der Waals surface area contributed by atoms with Gasteiger partial charge in [-0.25, -0.2) is 0 Å². The highest BCUT2D eigenvalue weighted by Gasteiger charge is 2.06. The van der Waals surface area contributed by atoms with Crippen molar-refractivity contribution in [3.05, 3.63) is 0 Å². The summed E-state index contributed by atoms with van der Waals surface area (Å²) in [6.07, 6.45) is 4.79.